The number of carbonyl (C=O) groups is 2. The Morgan fingerprint density at radius 2 is 1.95 bits per heavy atom. The van der Waals surface area contributed by atoms with Crippen molar-refractivity contribution in [2.75, 3.05) is 11.4 Å². The number of hydrogen-bond donors (Lipinski definition) is 1. The van der Waals surface area contributed by atoms with Gasteiger partial charge < -0.3 is 10.2 Å². The highest BCUT2D eigenvalue weighted by Crippen LogP contribution is 2.24. The number of amides is 2. The number of rotatable bonds is 2. The second-order valence-electron chi connectivity index (χ2n) is 4.92. The van der Waals surface area contributed by atoms with E-state index in [1.807, 2.05) is 6.92 Å². The van der Waals surface area contributed by atoms with Crippen molar-refractivity contribution in [1.29, 1.82) is 0 Å². The zero-order valence-corrected chi connectivity index (χ0v) is 11.8. The normalized spacial score (nSPS) is 24.1. The molecule has 1 N–H and O–H groups in total. The van der Waals surface area contributed by atoms with E-state index in [9.17, 15) is 9.59 Å². The Bertz CT molecular complexity index is 501. The molecule has 1 atom stereocenters. The summed E-state index contributed by atoms with van der Waals surface area (Å²) in [6, 6.07) is 7.08. The minimum Gasteiger partial charge on any atom is -0.342 e. The Hall–Kier alpha value is -1.55. The van der Waals surface area contributed by atoms with Crippen LogP contribution in [0.3, 0.4) is 0 Å². The van der Waals surface area contributed by atoms with Gasteiger partial charge in [0.2, 0.25) is 5.91 Å². The molecule has 1 heterocycles. The van der Waals surface area contributed by atoms with Gasteiger partial charge >= 0.3 is 0 Å². The summed E-state index contributed by atoms with van der Waals surface area (Å²) in [7, 11) is 0. The first-order valence-corrected chi connectivity index (χ1v) is 6.72. The van der Waals surface area contributed by atoms with Crippen molar-refractivity contribution < 1.29 is 9.59 Å². The molecule has 1 aliphatic heterocycles. The highest BCUT2D eigenvalue weighted by atomic mass is 35.5. The van der Waals surface area contributed by atoms with Crippen LogP contribution in [0.15, 0.2) is 24.3 Å². The number of anilines is 1. The van der Waals surface area contributed by atoms with Gasteiger partial charge in [-0.2, -0.15) is 0 Å². The van der Waals surface area contributed by atoms with Crippen LogP contribution >= 0.6 is 11.6 Å². The molecule has 1 saturated heterocycles. The maximum Gasteiger partial charge on any atom is 0.252 e. The number of benzene rings is 1. The molecule has 2 rings (SSSR count). The molecule has 1 unspecified atom stereocenters. The molecule has 0 aromatic heterocycles. The van der Waals surface area contributed by atoms with E-state index in [1.54, 1.807) is 36.1 Å². The van der Waals surface area contributed by atoms with E-state index in [1.165, 1.54) is 0 Å². The largest absolute Gasteiger partial charge is 0.342 e. The SMILES string of the molecule is CCC1(C)NC(=O)CCN(c2ccc(Cl)cc2)C1=O. The van der Waals surface area contributed by atoms with E-state index >= 15 is 0 Å². The lowest BCUT2D eigenvalue weighted by Gasteiger charge is -2.31. The van der Waals surface area contributed by atoms with Crippen LogP contribution in [0.25, 0.3) is 0 Å². The van der Waals surface area contributed by atoms with Gasteiger partial charge in [-0.3, -0.25) is 9.59 Å². The van der Waals surface area contributed by atoms with Gasteiger partial charge in [-0.25, -0.2) is 0 Å². The smallest absolute Gasteiger partial charge is 0.252 e. The third-order valence-corrected chi connectivity index (χ3v) is 3.79. The van der Waals surface area contributed by atoms with Crippen LogP contribution in [-0.2, 0) is 9.59 Å². The number of nitrogens with zero attached hydrogens (tertiary/aromatic N) is 1. The minimum absolute atomic E-state index is 0.0804. The van der Waals surface area contributed by atoms with E-state index in [4.69, 9.17) is 11.6 Å². The number of halogens is 1. The van der Waals surface area contributed by atoms with Gasteiger partial charge in [0, 0.05) is 23.7 Å². The van der Waals surface area contributed by atoms with Crippen molar-refractivity contribution in [3.63, 3.8) is 0 Å². The van der Waals surface area contributed by atoms with Crippen LogP contribution in [0.1, 0.15) is 26.7 Å². The van der Waals surface area contributed by atoms with E-state index in [0.29, 0.717) is 24.4 Å². The zero-order chi connectivity index (χ0) is 14.0. The van der Waals surface area contributed by atoms with Gasteiger partial charge in [-0.15, -0.1) is 0 Å². The van der Waals surface area contributed by atoms with E-state index in [0.717, 1.165) is 5.69 Å². The maximum absolute atomic E-state index is 12.6. The first-order valence-electron chi connectivity index (χ1n) is 6.35. The monoisotopic (exact) mass is 280 g/mol. The minimum atomic E-state index is -0.840. The lowest BCUT2D eigenvalue weighted by molar-refractivity contribution is -0.129. The molecule has 0 radical (unpaired) electrons. The summed E-state index contributed by atoms with van der Waals surface area (Å²) in [5, 5.41) is 3.43. The van der Waals surface area contributed by atoms with Crippen LogP contribution in [-0.4, -0.2) is 23.9 Å². The van der Waals surface area contributed by atoms with Crippen molar-refractivity contribution in [2.24, 2.45) is 0 Å². The van der Waals surface area contributed by atoms with Crippen molar-refractivity contribution in [2.45, 2.75) is 32.2 Å². The zero-order valence-electron chi connectivity index (χ0n) is 11.1. The third kappa shape index (κ3) is 2.73. The van der Waals surface area contributed by atoms with Crippen molar-refractivity contribution in [3.8, 4) is 0 Å². The van der Waals surface area contributed by atoms with Crippen molar-refractivity contribution in [1.82, 2.24) is 5.32 Å². The van der Waals surface area contributed by atoms with Gasteiger partial charge in [-0.05, 0) is 37.6 Å². The Labute approximate surface area is 117 Å². The summed E-state index contributed by atoms with van der Waals surface area (Å²) < 4.78 is 0. The molecule has 1 aromatic rings. The lowest BCUT2D eigenvalue weighted by atomic mass is 9.97. The molecule has 1 aliphatic rings. The fraction of sp³-hybridized carbons (Fsp3) is 0.429. The average molecular weight is 281 g/mol. The standard InChI is InChI=1S/C14H17ClN2O2/c1-3-14(2)13(19)17(9-8-12(18)16-14)11-6-4-10(15)5-7-11/h4-7H,3,8-9H2,1-2H3,(H,16,18). The third-order valence-electron chi connectivity index (χ3n) is 3.54. The second kappa shape index (κ2) is 5.21. The molecule has 4 nitrogen and oxygen atoms in total. The molecule has 19 heavy (non-hydrogen) atoms. The van der Waals surface area contributed by atoms with Gasteiger partial charge in [0.05, 0.1) is 0 Å². The van der Waals surface area contributed by atoms with Crippen LogP contribution < -0.4 is 10.2 Å². The Balaban J connectivity index is 2.36. The molecular formula is C14H17ClN2O2. The van der Waals surface area contributed by atoms with Gasteiger partial charge in [0.25, 0.3) is 5.91 Å². The van der Waals surface area contributed by atoms with Gasteiger partial charge in [0.15, 0.2) is 0 Å². The summed E-state index contributed by atoms with van der Waals surface area (Å²) >= 11 is 5.86. The average Bonchev–Trinajstić information content (AvgIpc) is 2.50. The Morgan fingerprint density at radius 3 is 2.53 bits per heavy atom. The summed E-state index contributed by atoms with van der Waals surface area (Å²) in [6.45, 7) is 4.05. The quantitative estimate of drug-likeness (QED) is 0.904. The number of carbonyl (C=O) groups excluding carboxylic acids is 2. The summed E-state index contributed by atoms with van der Waals surface area (Å²) in [5.41, 5.74) is -0.0710. The fourth-order valence-corrected chi connectivity index (χ4v) is 2.27. The molecule has 0 spiro atoms. The Morgan fingerprint density at radius 1 is 1.32 bits per heavy atom. The predicted octanol–water partition coefficient (Wildman–Crippen LogP) is 2.36. The molecule has 5 heteroatoms. The Kier molecular flexibility index (Phi) is 3.80. The van der Waals surface area contributed by atoms with Crippen molar-refractivity contribution in [3.05, 3.63) is 29.3 Å². The number of hydrogen-bond acceptors (Lipinski definition) is 2. The van der Waals surface area contributed by atoms with E-state index in [-0.39, 0.29) is 11.8 Å². The summed E-state index contributed by atoms with van der Waals surface area (Å²) in [4.78, 5) is 26.0. The maximum atomic E-state index is 12.6. The van der Waals surface area contributed by atoms with Crippen LogP contribution in [0.4, 0.5) is 5.69 Å². The summed E-state index contributed by atoms with van der Waals surface area (Å²) in [6.07, 6.45) is 0.867. The molecular weight excluding hydrogens is 264 g/mol. The topological polar surface area (TPSA) is 49.4 Å². The van der Waals surface area contributed by atoms with Gasteiger partial charge in [0.1, 0.15) is 5.54 Å². The van der Waals surface area contributed by atoms with Gasteiger partial charge in [-0.1, -0.05) is 18.5 Å². The molecule has 102 valence electrons. The highest BCUT2D eigenvalue weighted by Gasteiger charge is 2.39. The van der Waals surface area contributed by atoms with E-state index < -0.39 is 5.54 Å². The molecule has 1 fully saturated rings. The van der Waals surface area contributed by atoms with Crippen LogP contribution in [0.5, 0.6) is 0 Å². The predicted molar refractivity (Wildman–Crippen MR) is 75.3 cm³/mol. The fourth-order valence-electron chi connectivity index (χ4n) is 2.14. The molecule has 0 aliphatic carbocycles. The molecule has 1 aromatic carbocycles. The first kappa shape index (κ1) is 13.9. The molecule has 0 bridgehead atoms. The lowest BCUT2D eigenvalue weighted by Crippen LogP contribution is -2.54. The van der Waals surface area contributed by atoms with E-state index in [2.05, 4.69) is 5.32 Å². The number of nitrogens with one attached hydrogen (secondary N) is 1. The summed E-state index contributed by atoms with van der Waals surface area (Å²) in [5.74, 6) is -0.169. The van der Waals surface area contributed by atoms with Crippen LogP contribution in [0.2, 0.25) is 5.02 Å². The van der Waals surface area contributed by atoms with Crippen LogP contribution in [0, 0.1) is 0 Å². The second-order valence-corrected chi connectivity index (χ2v) is 5.35. The molecule has 0 saturated carbocycles. The molecule has 2 amide bonds. The highest BCUT2D eigenvalue weighted by molar-refractivity contribution is 6.30. The van der Waals surface area contributed by atoms with Crippen molar-refractivity contribution >= 4 is 29.1 Å². The first-order chi connectivity index (χ1) is 8.96.